The molecule has 0 aromatic heterocycles. The van der Waals surface area contributed by atoms with Crippen molar-refractivity contribution in [2.24, 2.45) is 47.2 Å². The number of carbonyl (C=O) groups is 1. The van der Waals surface area contributed by atoms with Gasteiger partial charge in [-0.05, 0) is 93.2 Å². The predicted octanol–water partition coefficient (Wildman–Crippen LogP) is 4.77. The number of benzene rings is 1. The molecular weight excluding hydrogens is 558 g/mol. The van der Waals surface area contributed by atoms with E-state index in [-0.39, 0.29) is 60.2 Å². The van der Waals surface area contributed by atoms with Gasteiger partial charge in [0.1, 0.15) is 23.1 Å². The summed E-state index contributed by atoms with van der Waals surface area (Å²) in [6.45, 7) is 10.6. The monoisotopic (exact) mass is 613 g/mol. The standard InChI is InChI=1S/C35H55N3O6/c1-19-13-14-23-16-28(24-11-9-10-12-27(24)38-32(39)37-6)44-30(19)25-17-29(33(23,5)36)34(40,18-21(3)42-7)35(41)26(22(25)4)15-20(2)31(35)43-8/h9-12,16,19-23,25-26,29-31,40-41H,13-15,17-18,36H2,1-8H3,(H2,37,38,39)/b28-16+/t19-,20-,21+,22?,23+,25?,26?,29?,30+,31-,33-,34-,35-/m0/s1. The molecular formula is C35H55N3O6. The predicted molar refractivity (Wildman–Crippen MR) is 172 cm³/mol. The maximum absolute atomic E-state index is 13.3. The number of fused-ring (bicyclic) bond motifs is 4. The molecule has 3 saturated carbocycles. The molecule has 3 aliphatic carbocycles. The number of aliphatic hydroxyl groups is 2. The Morgan fingerprint density at radius 2 is 1.84 bits per heavy atom. The van der Waals surface area contributed by atoms with Gasteiger partial charge in [-0.3, -0.25) is 0 Å². The average Bonchev–Trinajstić information content (AvgIpc) is 3.26. The molecule has 0 saturated heterocycles. The first-order chi connectivity index (χ1) is 20.7. The van der Waals surface area contributed by atoms with E-state index < -0.39 is 28.8 Å². The molecule has 6 N–H and O–H groups in total. The minimum atomic E-state index is -1.58. The number of para-hydroxylation sites is 1. The largest absolute Gasteiger partial charge is 0.489 e. The Labute approximate surface area is 263 Å². The van der Waals surface area contributed by atoms with Gasteiger partial charge in [0, 0.05) is 44.7 Å². The van der Waals surface area contributed by atoms with Crippen LogP contribution >= 0.6 is 0 Å². The van der Waals surface area contributed by atoms with Crippen LogP contribution in [0.3, 0.4) is 0 Å². The number of nitrogens with one attached hydrogen (secondary N) is 2. The number of hydrogen-bond acceptors (Lipinski definition) is 7. The zero-order valence-electron chi connectivity index (χ0n) is 27.8. The minimum absolute atomic E-state index is 0.00314. The van der Waals surface area contributed by atoms with E-state index in [0.29, 0.717) is 17.9 Å². The Morgan fingerprint density at radius 3 is 2.50 bits per heavy atom. The number of anilines is 1. The fourth-order valence-corrected chi connectivity index (χ4v) is 9.81. The van der Waals surface area contributed by atoms with E-state index in [2.05, 4.69) is 44.4 Å². The lowest BCUT2D eigenvalue weighted by atomic mass is 9.57. The van der Waals surface area contributed by atoms with Gasteiger partial charge in [0.15, 0.2) is 0 Å². The van der Waals surface area contributed by atoms with Crippen molar-refractivity contribution in [3.05, 3.63) is 35.9 Å². The van der Waals surface area contributed by atoms with Gasteiger partial charge < -0.3 is 40.8 Å². The molecule has 0 spiro atoms. The van der Waals surface area contributed by atoms with Crippen molar-refractivity contribution in [2.75, 3.05) is 26.6 Å². The SMILES string of the molecule is CNC(=O)Nc1ccccc1/C1=C\[C@H]2CC[C@H](C)[C@@H](O1)C1CC([C@@]2(C)N)[C@@](O)(C[C@@H](C)OC)[C@]2(O)C(C[C@H](C)[C@@H]2OC)C1C. The summed E-state index contributed by atoms with van der Waals surface area (Å²) in [6, 6.07) is 7.39. The van der Waals surface area contributed by atoms with Crippen LogP contribution in [0.4, 0.5) is 10.5 Å². The van der Waals surface area contributed by atoms with Crippen molar-refractivity contribution < 1.29 is 29.2 Å². The van der Waals surface area contributed by atoms with Gasteiger partial charge in [0.2, 0.25) is 0 Å². The van der Waals surface area contributed by atoms with Gasteiger partial charge in [-0.25, -0.2) is 4.79 Å². The van der Waals surface area contributed by atoms with Gasteiger partial charge in [-0.15, -0.1) is 0 Å². The summed E-state index contributed by atoms with van der Waals surface area (Å²) in [5.74, 6) is 0.0751. The Bertz CT molecular complexity index is 1240. The van der Waals surface area contributed by atoms with Crippen molar-refractivity contribution in [1.82, 2.24) is 5.32 Å². The van der Waals surface area contributed by atoms with Gasteiger partial charge >= 0.3 is 6.03 Å². The topological polar surface area (TPSA) is 135 Å². The molecule has 6 rings (SSSR count). The summed E-state index contributed by atoms with van der Waals surface area (Å²) < 4.78 is 19.0. The van der Waals surface area contributed by atoms with Crippen LogP contribution in [0.2, 0.25) is 0 Å². The molecule has 2 aliphatic heterocycles. The molecule has 5 aliphatic rings. The Kier molecular flexibility index (Phi) is 9.21. The molecule has 9 heteroatoms. The first kappa shape index (κ1) is 33.2. The minimum Gasteiger partial charge on any atom is -0.489 e. The summed E-state index contributed by atoms with van der Waals surface area (Å²) in [7, 11) is 4.89. The van der Waals surface area contributed by atoms with E-state index in [1.165, 1.54) is 0 Å². The van der Waals surface area contributed by atoms with Crippen LogP contribution in [-0.2, 0) is 14.2 Å². The van der Waals surface area contributed by atoms with Crippen molar-refractivity contribution >= 4 is 17.5 Å². The number of urea groups is 1. The fourth-order valence-electron chi connectivity index (χ4n) is 9.81. The second-order valence-electron chi connectivity index (χ2n) is 14.7. The maximum atomic E-state index is 13.3. The van der Waals surface area contributed by atoms with Crippen molar-refractivity contribution in [3.8, 4) is 0 Å². The van der Waals surface area contributed by atoms with Crippen molar-refractivity contribution in [1.29, 1.82) is 0 Å². The molecule has 0 radical (unpaired) electrons. The second-order valence-corrected chi connectivity index (χ2v) is 14.7. The van der Waals surface area contributed by atoms with Gasteiger partial charge in [-0.1, -0.05) is 32.9 Å². The smallest absolute Gasteiger partial charge is 0.318 e. The highest BCUT2D eigenvalue weighted by Gasteiger charge is 2.72. The Hall–Kier alpha value is -2.17. The molecule has 44 heavy (non-hydrogen) atoms. The number of rotatable bonds is 6. The zero-order chi connectivity index (χ0) is 32.2. The number of carbonyl (C=O) groups excluding carboxylic acids is 1. The lowest BCUT2D eigenvalue weighted by Crippen LogP contribution is -2.72. The lowest BCUT2D eigenvalue weighted by molar-refractivity contribution is -0.257. The molecule has 4 bridgehead atoms. The van der Waals surface area contributed by atoms with E-state index >= 15 is 0 Å². The van der Waals surface area contributed by atoms with Crippen LogP contribution in [0.15, 0.2) is 30.3 Å². The van der Waals surface area contributed by atoms with Crippen LogP contribution in [0, 0.1) is 41.4 Å². The van der Waals surface area contributed by atoms with E-state index in [1.807, 2.05) is 31.2 Å². The third kappa shape index (κ3) is 5.16. The van der Waals surface area contributed by atoms with Crippen LogP contribution in [0.1, 0.15) is 72.3 Å². The molecule has 1 aromatic rings. The molecule has 2 heterocycles. The number of nitrogens with two attached hydrogens (primary N) is 1. The summed E-state index contributed by atoms with van der Waals surface area (Å²) in [4.78, 5) is 12.4. The quantitative estimate of drug-likeness (QED) is 0.312. The molecule has 2 amide bonds. The van der Waals surface area contributed by atoms with E-state index in [1.54, 1.807) is 21.3 Å². The van der Waals surface area contributed by atoms with E-state index in [4.69, 9.17) is 19.9 Å². The molecule has 13 atom stereocenters. The third-order valence-corrected chi connectivity index (χ3v) is 12.2. The average molecular weight is 614 g/mol. The van der Waals surface area contributed by atoms with Gasteiger partial charge in [-0.2, -0.15) is 0 Å². The number of ether oxygens (including phenoxy) is 3. The fraction of sp³-hybridized carbons (Fsp3) is 0.743. The summed E-state index contributed by atoms with van der Waals surface area (Å²) in [5.41, 5.74) is 5.00. The number of methoxy groups -OCH3 is 2. The summed E-state index contributed by atoms with van der Waals surface area (Å²) in [6.07, 6.45) is 4.39. The normalized spacial score (nSPS) is 45.2. The molecule has 3 fully saturated rings. The van der Waals surface area contributed by atoms with Crippen molar-refractivity contribution in [2.45, 2.75) is 102 Å². The first-order valence-electron chi connectivity index (χ1n) is 16.5. The van der Waals surface area contributed by atoms with Crippen LogP contribution < -0.4 is 16.4 Å². The van der Waals surface area contributed by atoms with Gasteiger partial charge in [0.25, 0.3) is 0 Å². The maximum Gasteiger partial charge on any atom is 0.318 e. The van der Waals surface area contributed by atoms with Crippen LogP contribution in [0.5, 0.6) is 0 Å². The van der Waals surface area contributed by atoms with Gasteiger partial charge in [0.05, 0.1) is 17.9 Å². The second kappa shape index (κ2) is 12.2. The third-order valence-electron chi connectivity index (χ3n) is 12.2. The highest BCUT2D eigenvalue weighted by atomic mass is 16.5. The van der Waals surface area contributed by atoms with Crippen molar-refractivity contribution in [3.63, 3.8) is 0 Å². The molecule has 1 aromatic carbocycles. The highest BCUT2D eigenvalue weighted by Crippen LogP contribution is 2.63. The molecule has 4 unspecified atom stereocenters. The Balaban J connectivity index is 1.75. The number of hydrogen-bond donors (Lipinski definition) is 5. The van der Waals surface area contributed by atoms with E-state index in [0.717, 1.165) is 24.8 Å². The summed E-state index contributed by atoms with van der Waals surface area (Å²) in [5, 5.41) is 32.0. The number of amides is 2. The highest BCUT2D eigenvalue weighted by molar-refractivity contribution is 5.92. The van der Waals surface area contributed by atoms with E-state index in [9.17, 15) is 15.0 Å². The van der Waals surface area contributed by atoms with Crippen LogP contribution in [0.25, 0.3) is 5.76 Å². The van der Waals surface area contributed by atoms with Crippen LogP contribution in [-0.4, -0.2) is 72.6 Å². The molecule has 246 valence electrons. The lowest BCUT2D eigenvalue weighted by Gasteiger charge is -2.56. The molecule has 9 nitrogen and oxygen atoms in total. The first-order valence-corrected chi connectivity index (χ1v) is 16.5. The zero-order valence-corrected chi connectivity index (χ0v) is 27.8. The Morgan fingerprint density at radius 1 is 1.14 bits per heavy atom. The summed E-state index contributed by atoms with van der Waals surface area (Å²) >= 11 is 0.